The summed E-state index contributed by atoms with van der Waals surface area (Å²) in [7, 11) is 0. The van der Waals surface area contributed by atoms with Crippen LogP contribution in [0.1, 0.15) is 29.8 Å². The summed E-state index contributed by atoms with van der Waals surface area (Å²) in [6.45, 7) is 4.95. The highest BCUT2D eigenvalue weighted by Crippen LogP contribution is 2.29. The van der Waals surface area contributed by atoms with Crippen molar-refractivity contribution in [3.05, 3.63) is 29.1 Å². The van der Waals surface area contributed by atoms with Gasteiger partial charge >= 0.3 is 0 Å². The summed E-state index contributed by atoms with van der Waals surface area (Å²) in [6, 6.07) is 2.92. The predicted molar refractivity (Wildman–Crippen MR) is 63.5 cm³/mol. The lowest BCUT2D eigenvalue weighted by Gasteiger charge is -2.12. The van der Waals surface area contributed by atoms with E-state index in [1.54, 1.807) is 13.0 Å². The maximum atomic E-state index is 13.3. The molecule has 0 amide bonds. The first-order valence-electron chi connectivity index (χ1n) is 5.04. The van der Waals surface area contributed by atoms with Gasteiger partial charge in [-0.25, -0.2) is 4.39 Å². The molecule has 0 saturated carbocycles. The zero-order valence-corrected chi connectivity index (χ0v) is 10.4. The van der Waals surface area contributed by atoms with Gasteiger partial charge in [0.05, 0.1) is 6.61 Å². The molecule has 1 aromatic rings. The van der Waals surface area contributed by atoms with Crippen LogP contribution in [-0.4, -0.2) is 22.7 Å². The quantitative estimate of drug-likeness (QED) is 0.651. The number of carbonyl (C=O) groups is 1. The minimum Gasteiger partial charge on any atom is -0.395 e. The van der Waals surface area contributed by atoms with Crippen LogP contribution in [0.3, 0.4) is 0 Å². The molecule has 88 valence electrons. The minimum atomic E-state index is -0.369. The molecule has 1 aromatic carbocycles. The van der Waals surface area contributed by atoms with E-state index in [-0.39, 0.29) is 23.5 Å². The smallest absolute Gasteiger partial charge is 0.161 e. The molecule has 0 heterocycles. The van der Waals surface area contributed by atoms with Crippen molar-refractivity contribution in [1.29, 1.82) is 0 Å². The van der Waals surface area contributed by atoms with Gasteiger partial charge in [0.15, 0.2) is 5.78 Å². The average Bonchev–Trinajstić information content (AvgIpc) is 2.22. The van der Waals surface area contributed by atoms with Crippen LogP contribution in [0.5, 0.6) is 0 Å². The number of hydrogen-bond donors (Lipinski definition) is 1. The summed E-state index contributed by atoms with van der Waals surface area (Å²) in [5.41, 5.74) is 0.894. The molecule has 1 N–H and O–H groups in total. The van der Waals surface area contributed by atoms with Gasteiger partial charge in [-0.05, 0) is 31.5 Å². The molecular formula is C12H15FO2S. The molecule has 0 spiro atoms. The summed E-state index contributed by atoms with van der Waals surface area (Å²) in [5.74, 6) is -0.530. The Morgan fingerprint density at radius 3 is 2.69 bits per heavy atom. The third-order valence-corrected chi connectivity index (χ3v) is 3.37. The summed E-state index contributed by atoms with van der Waals surface area (Å²) >= 11 is 1.38. The number of Topliss-reactive ketones (excluding diaryl/α,β-unsaturated/α-hetero) is 1. The molecule has 0 bridgehead atoms. The van der Waals surface area contributed by atoms with Crippen molar-refractivity contribution in [2.75, 3.05) is 6.61 Å². The Morgan fingerprint density at radius 2 is 2.19 bits per heavy atom. The monoisotopic (exact) mass is 242 g/mol. The van der Waals surface area contributed by atoms with E-state index in [9.17, 15) is 9.18 Å². The highest BCUT2D eigenvalue weighted by molar-refractivity contribution is 8.00. The lowest BCUT2D eigenvalue weighted by molar-refractivity contribution is 0.101. The molecule has 0 aliphatic heterocycles. The van der Waals surface area contributed by atoms with Crippen LogP contribution in [0.2, 0.25) is 0 Å². The zero-order chi connectivity index (χ0) is 12.3. The number of hydrogen-bond acceptors (Lipinski definition) is 3. The summed E-state index contributed by atoms with van der Waals surface area (Å²) in [5, 5.41) is 8.96. The van der Waals surface area contributed by atoms with E-state index in [0.717, 1.165) is 4.90 Å². The van der Waals surface area contributed by atoms with Gasteiger partial charge in [-0.15, -0.1) is 11.8 Å². The minimum absolute atomic E-state index is 0.0111. The van der Waals surface area contributed by atoms with Crippen molar-refractivity contribution >= 4 is 17.5 Å². The van der Waals surface area contributed by atoms with Gasteiger partial charge in [0.25, 0.3) is 0 Å². The molecular weight excluding hydrogens is 227 g/mol. The molecule has 0 radical (unpaired) electrons. The molecule has 0 aliphatic carbocycles. The second kappa shape index (κ2) is 5.46. The van der Waals surface area contributed by atoms with E-state index in [4.69, 9.17) is 5.11 Å². The highest BCUT2D eigenvalue weighted by Gasteiger charge is 2.13. The standard InChI is InChI=1S/C12H15FO2S/c1-7-4-12(16-8(2)6-14)10(9(3)15)5-11(7)13/h4-5,8,14H,6H2,1-3H3. The Kier molecular flexibility index (Phi) is 4.50. The van der Waals surface area contributed by atoms with Gasteiger partial charge in [0, 0.05) is 15.7 Å². The molecule has 0 aliphatic rings. The first kappa shape index (κ1) is 13.2. The van der Waals surface area contributed by atoms with Crippen LogP contribution < -0.4 is 0 Å². The lowest BCUT2D eigenvalue weighted by Crippen LogP contribution is -2.05. The molecule has 1 unspecified atom stereocenters. The van der Waals surface area contributed by atoms with E-state index in [1.165, 1.54) is 24.8 Å². The second-order valence-electron chi connectivity index (χ2n) is 3.76. The first-order chi connectivity index (χ1) is 7.45. The third kappa shape index (κ3) is 3.06. The van der Waals surface area contributed by atoms with Gasteiger partial charge in [-0.3, -0.25) is 4.79 Å². The highest BCUT2D eigenvalue weighted by atomic mass is 32.2. The van der Waals surface area contributed by atoms with Crippen LogP contribution >= 0.6 is 11.8 Å². The van der Waals surface area contributed by atoms with Crippen molar-refractivity contribution in [3.8, 4) is 0 Å². The molecule has 1 rings (SSSR count). The SMILES string of the molecule is CC(=O)c1cc(F)c(C)cc1SC(C)CO. The van der Waals surface area contributed by atoms with Crippen LogP contribution in [0.15, 0.2) is 17.0 Å². The zero-order valence-electron chi connectivity index (χ0n) is 9.58. The maximum absolute atomic E-state index is 13.3. The van der Waals surface area contributed by atoms with Crippen LogP contribution in [0, 0.1) is 12.7 Å². The maximum Gasteiger partial charge on any atom is 0.161 e. The van der Waals surface area contributed by atoms with Crippen LogP contribution in [0.25, 0.3) is 0 Å². The predicted octanol–water partition coefficient (Wildman–Crippen LogP) is 2.81. The number of carbonyl (C=O) groups excluding carboxylic acids is 1. The number of aliphatic hydroxyl groups is 1. The van der Waals surface area contributed by atoms with Gasteiger partial charge in [0.2, 0.25) is 0 Å². The Bertz CT molecular complexity index is 404. The van der Waals surface area contributed by atoms with Crippen molar-refractivity contribution in [2.24, 2.45) is 0 Å². The number of aliphatic hydroxyl groups excluding tert-OH is 1. The van der Waals surface area contributed by atoms with Crippen LogP contribution in [-0.2, 0) is 0 Å². The van der Waals surface area contributed by atoms with E-state index in [2.05, 4.69) is 0 Å². The molecule has 0 saturated heterocycles. The first-order valence-corrected chi connectivity index (χ1v) is 5.92. The molecule has 1 atom stereocenters. The van der Waals surface area contributed by atoms with Gasteiger partial charge in [-0.2, -0.15) is 0 Å². The Balaban J connectivity index is 3.14. The van der Waals surface area contributed by atoms with E-state index >= 15 is 0 Å². The fourth-order valence-electron chi connectivity index (χ4n) is 1.28. The van der Waals surface area contributed by atoms with Crippen LogP contribution in [0.4, 0.5) is 4.39 Å². The molecule has 0 fully saturated rings. The molecule has 0 aromatic heterocycles. The van der Waals surface area contributed by atoms with Gasteiger partial charge in [-0.1, -0.05) is 6.92 Å². The molecule has 4 heteroatoms. The van der Waals surface area contributed by atoms with Crippen molar-refractivity contribution in [2.45, 2.75) is 30.9 Å². The van der Waals surface area contributed by atoms with E-state index < -0.39 is 0 Å². The Labute approximate surface area is 98.9 Å². The van der Waals surface area contributed by atoms with E-state index in [0.29, 0.717) is 11.1 Å². The van der Waals surface area contributed by atoms with E-state index in [1.807, 2.05) is 6.92 Å². The fraction of sp³-hybridized carbons (Fsp3) is 0.417. The Hall–Kier alpha value is -0.870. The second-order valence-corrected chi connectivity index (χ2v) is 5.25. The number of halogens is 1. The lowest BCUT2D eigenvalue weighted by atomic mass is 10.1. The number of rotatable bonds is 4. The topological polar surface area (TPSA) is 37.3 Å². The van der Waals surface area contributed by atoms with Crippen molar-refractivity contribution in [1.82, 2.24) is 0 Å². The van der Waals surface area contributed by atoms with Gasteiger partial charge in [0.1, 0.15) is 5.82 Å². The van der Waals surface area contributed by atoms with Crippen molar-refractivity contribution < 1.29 is 14.3 Å². The van der Waals surface area contributed by atoms with Crippen molar-refractivity contribution in [3.63, 3.8) is 0 Å². The number of ketones is 1. The number of aryl methyl sites for hydroxylation is 1. The summed E-state index contributed by atoms with van der Waals surface area (Å²) in [6.07, 6.45) is 0. The Morgan fingerprint density at radius 1 is 1.56 bits per heavy atom. The third-order valence-electron chi connectivity index (χ3n) is 2.23. The van der Waals surface area contributed by atoms with Gasteiger partial charge < -0.3 is 5.11 Å². The molecule has 16 heavy (non-hydrogen) atoms. The summed E-state index contributed by atoms with van der Waals surface area (Å²) in [4.78, 5) is 12.1. The largest absolute Gasteiger partial charge is 0.395 e. The molecule has 2 nitrogen and oxygen atoms in total. The normalized spacial score (nSPS) is 12.6. The number of benzene rings is 1. The summed E-state index contributed by atoms with van der Waals surface area (Å²) < 4.78 is 13.3. The number of thioether (sulfide) groups is 1. The average molecular weight is 242 g/mol. The fourth-order valence-corrected chi connectivity index (χ4v) is 2.36.